The van der Waals surface area contributed by atoms with Gasteiger partial charge in [-0.2, -0.15) is 5.26 Å². The van der Waals surface area contributed by atoms with Gasteiger partial charge in [-0.3, -0.25) is 9.69 Å². The Morgan fingerprint density at radius 3 is 2.56 bits per heavy atom. The summed E-state index contributed by atoms with van der Waals surface area (Å²) in [5.74, 6) is 0.0133. The van der Waals surface area contributed by atoms with Gasteiger partial charge in [-0.25, -0.2) is 0 Å². The number of carbonyl (C=O) groups excluding carboxylic acids is 1. The third-order valence-corrected chi connectivity index (χ3v) is 4.00. The first-order chi connectivity index (χ1) is 7.59. The van der Waals surface area contributed by atoms with E-state index in [-0.39, 0.29) is 17.9 Å². The maximum atomic E-state index is 11.7. The van der Waals surface area contributed by atoms with Gasteiger partial charge >= 0.3 is 0 Å². The number of likely N-dealkylation sites (tertiary alicyclic amines) is 2. The van der Waals surface area contributed by atoms with Crippen molar-refractivity contribution in [1.82, 2.24) is 9.80 Å². The molecule has 0 aromatic heterocycles. The molecule has 2 aliphatic heterocycles. The van der Waals surface area contributed by atoms with E-state index in [4.69, 9.17) is 5.26 Å². The molecule has 1 atom stereocenters. The van der Waals surface area contributed by atoms with Gasteiger partial charge in [0.15, 0.2) is 0 Å². The summed E-state index contributed by atoms with van der Waals surface area (Å²) in [6, 6.07) is 2.50. The average molecular weight is 221 g/mol. The summed E-state index contributed by atoms with van der Waals surface area (Å²) in [7, 11) is 0. The number of carbonyl (C=O) groups is 1. The van der Waals surface area contributed by atoms with Crippen LogP contribution >= 0.6 is 0 Å². The number of nitrogens with zero attached hydrogens (tertiary/aromatic N) is 3. The van der Waals surface area contributed by atoms with E-state index in [2.05, 4.69) is 18.7 Å². The summed E-state index contributed by atoms with van der Waals surface area (Å²) >= 11 is 0. The first-order valence-corrected chi connectivity index (χ1v) is 6.00. The SMILES string of the molecule is CC(C)N1CC[C@@]2(CCN2C(=O)CC#N)C1. The fraction of sp³-hybridized carbons (Fsp3) is 0.833. The van der Waals surface area contributed by atoms with Crippen LogP contribution in [0.4, 0.5) is 0 Å². The molecule has 0 unspecified atom stereocenters. The maximum Gasteiger partial charge on any atom is 0.237 e. The molecule has 4 heteroatoms. The van der Waals surface area contributed by atoms with Gasteiger partial charge in [0, 0.05) is 25.7 Å². The molecule has 1 amide bonds. The minimum Gasteiger partial charge on any atom is -0.335 e. The molecule has 0 saturated carbocycles. The highest BCUT2D eigenvalue weighted by atomic mass is 16.2. The van der Waals surface area contributed by atoms with Crippen molar-refractivity contribution in [2.75, 3.05) is 19.6 Å². The summed E-state index contributed by atoms with van der Waals surface area (Å²) in [6.45, 7) is 7.29. The first kappa shape index (κ1) is 11.4. The fourth-order valence-corrected chi connectivity index (χ4v) is 2.85. The minimum absolute atomic E-state index is 0.0133. The van der Waals surface area contributed by atoms with Gasteiger partial charge in [-0.1, -0.05) is 0 Å². The van der Waals surface area contributed by atoms with Crippen molar-refractivity contribution in [2.45, 2.75) is 44.7 Å². The standard InChI is InChI=1S/C12H19N3O/c1-10(2)14-7-4-12(9-14)5-8-15(12)11(16)3-6-13/h10H,3-5,7-9H2,1-2H3/t12-/m1/s1. The van der Waals surface area contributed by atoms with E-state index in [1.54, 1.807) is 0 Å². The van der Waals surface area contributed by atoms with Crippen LogP contribution in [0.3, 0.4) is 0 Å². The van der Waals surface area contributed by atoms with Gasteiger partial charge in [-0.15, -0.1) is 0 Å². The lowest BCUT2D eigenvalue weighted by Crippen LogP contribution is -2.63. The molecule has 0 radical (unpaired) electrons. The molecule has 0 aliphatic carbocycles. The lowest BCUT2D eigenvalue weighted by atomic mass is 9.83. The lowest BCUT2D eigenvalue weighted by molar-refractivity contribution is -0.145. The first-order valence-electron chi connectivity index (χ1n) is 6.00. The van der Waals surface area contributed by atoms with Gasteiger partial charge in [0.2, 0.25) is 5.91 Å². The minimum atomic E-state index is 0.0133. The van der Waals surface area contributed by atoms with Crippen LogP contribution in [0.2, 0.25) is 0 Å². The van der Waals surface area contributed by atoms with Crippen LogP contribution in [0.15, 0.2) is 0 Å². The monoisotopic (exact) mass is 221 g/mol. The molecule has 0 N–H and O–H groups in total. The third kappa shape index (κ3) is 1.69. The van der Waals surface area contributed by atoms with Crippen LogP contribution < -0.4 is 0 Å². The molecule has 2 fully saturated rings. The van der Waals surface area contributed by atoms with Crippen molar-refractivity contribution in [3.8, 4) is 6.07 Å². The highest BCUT2D eigenvalue weighted by Gasteiger charge is 2.51. The predicted molar refractivity (Wildman–Crippen MR) is 60.6 cm³/mol. The zero-order chi connectivity index (χ0) is 11.8. The Morgan fingerprint density at radius 2 is 2.12 bits per heavy atom. The average Bonchev–Trinajstić information content (AvgIpc) is 2.63. The van der Waals surface area contributed by atoms with Crippen LogP contribution in [-0.2, 0) is 4.79 Å². The van der Waals surface area contributed by atoms with Crippen LogP contribution in [0.5, 0.6) is 0 Å². The van der Waals surface area contributed by atoms with E-state index in [9.17, 15) is 4.79 Å². The van der Waals surface area contributed by atoms with Gasteiger partial charge in [0.25, 0.3) is 0 Å². The quantitative estimate of drug-likeness (QED) is 0.698. The van der Waals surface area contributed by atoms with Crippen molar-refractivity contribution in [1.29, 1.82) is 5.26 Å². The van der Waals surface area contributed by atoms with Crippen LogP contribution in [0.1, 0.15) is 33.1 Å². The molecule has 0 bridgehead atoms. The second-order valence-electron chi connectivity index (χ2n) is 5.17. The number of amides is 1. The number of hydrogen-bond acceptors (Lipinski definition) is 3. The van der Waals surface area contributed by atoms with Crippen molar-refractivity contribution in [2.24, 2.45) is 0 Å². The Morgan fingerprint density at radius 1 is 1.44 bits per heavy atom. The summed E-state index contributed by atoms with van der Waals surface area (Å²) in [4.78, 5) is 16.1. The highest BCUT2D eigenvalue weighted by Crippen LogP contribution is 2.39. The van der Waals surface area contributed by atoms with Crippen molar-refractivity contribution in [3.05, 3.63) is 0 Å². The fourth-order valence-electron chi connectivity index (χ4n) is 2.85. The Kier molecular flexibility index (Phi) is 2.90. The molecule has 16 heavy (non-hydrogen) atoms. The number of nitriles is 1. The third-order valence-electron chi connectivity index (χ3n) is 4.00. The summed E-state index contributed by atoms with van der Waals surface area (Å²) in [6.07, 6.45) is 2.21. The molecule has 2 aliphatic rings. The summed E-state index contributed by atoms with van der Waals surface area (Å²) in [5.41, 5.74) is 0.0677. The normalized spacial score (nSPS) is 29.5. The van der Waals surface area contributed by atoms with E-state index in [1.807, 2.05) is 11.0 Å². The van der Waals surface area contributed by atoms with Crippen molar-refractivity contribution in [3.63, 3.8) is 0 Å². The number of hydrogen-bond donors (Lipinski definition) is 0. The lowest BCUT2D eigenvalue weighted by Gasteiger charge is -2.50. The van der Waals surface area contributed by atoms with E-state index >= 15 is 0 Å². The molecule has 0 aromatic rings. The van der Waals surface area contributed by atoms with E-state index < -0.39 is 0 Å². The van der Waals surface area contributed by atoms with E-state index in [0.29, 0.717) is 6.04 Å². The van der Waals surface area contributed by atoms with Crippen LogP contribution in [0, 0.1) is 11.3 Å². The molecule has 0 aromatic carbocycles. The van der Waals surface area contributed by atoms with E-state index in [0.717, 1.165) is 32.5 Å². The largest absolute Gasteiger partial charge is 0.335 e. The van der Waals surface area contributed by atoms with Crippen LogP contribution in [0.25, 0.3) is 0 Å². The van der Waals surface area contributed by atoms with Gasteiger partial charge in [0.1, 0.15) is 6.42 Å². The molecule has 1 spiro atoms. The molecule has 2 rings (SSSR count). The molecule has 4 nitrogen and oxygen atoms in total. The Bertz CT molecular complexity index is 334. The van der Waals surface area contributed by atoms with Gasteiger partial charge < -0.3 is 4.90 Å². The van der Waals surface area contributed by atoms with Crippen molar-refractivity contribution >= 4 is 5.91 Å². The van der Waals surface area contributed by atoms with Gasteiger partial charge in [-0.05, 0) is 26.7 Å². The molecule has 2 heterocycles. The Hall–Kier alpha value is -1.08. The topological polar surface area (TPSA) is 47.3 Å². The summed E-state index contributed by atoms with van der Waals surface area (Å²) < 4.78 is 0. The Balaban J connectivity index is 2.01. The molecular weight excluding hydrogens is 202 g/mol. The van der Waals surface area contributed by atoms with E-state index in [1.165, 1.54) is 0 Å². The van der Waals surface area contributed by atoms with Gasteiger partial charge in [0.05, 0.1) is 11.6 Å². The second kappa shape index (κ2) is 4.06. The Labute approximate surface area is 96.8 Å². The zero-order valence-electron chi connectivity index (χ0n) is 10.1. The zero-order valence-corrected chi connectivity index (χ0v) is 10.1. The smallest absolute Gasteiger partial charge is 0.237 e. The maximum absolute atomic E-state index is 11.7. The molecule has 2 saturated heterocycles. The van der Waals surface area contributed by atoms with Crippen LogP contribution in [-0.4, -0.2) is 46.9 Å². The molecular formula is C12H19N3O. The van der Waals surface area contributed by atoms with Crippen molar-refractivity contribution < 1.29 is 4.79 Å². The number of rotatable bonds is 2. The highest BCUT2D eigenvalue weighted by molar-refractivity contribution is 5.80. The molecule has 88 valence electrons. The second-order valence-corrected chi connectivity index (χ2v) is 5.17. The predicted octanol–water partition coefficient (Wildman–Crippen LogP) is 0.985. The summed E-state index contributed by atoms with van der Waals surface area (Å²) in [5, 5.41) is 8.57.